The predicted octanol–water partition coefficient (Wildman–Crippen LogP) is 2.04. The highest BCUT2D eigenvalue weighted by Gasteiger charge is 2.33. The molecule has 0 radical (unpaired) electrons. The fourth-order valence-corrected chi connectivity index (χ4v) is 3.23. The molecule has 0 aromatic heterocycles. The van der Waals surface area contributed by atoms with Crippen molar-refractivity contribution in [2.45, 2.75) is 52.1 Å². The highest BCUT2D eigenvalue weighted by molar-refractivity contribution is 5.79. The smallest absolute Gasteiger partial charge is 0.225 e. The molecule has 0 unspecified atom stereocenters. The molecular weight excluding hydrogens is 214 g/mol. The van der Waals surface area contributed by atoms with E-state index in [2.05, 4.69) is 13.8 Å². The Labute approximate surface area is 104 Å². The summed E-state index contributed by atoms with van der Waals surface area (Å²) < 4.78 is 0. The Balaban J connectivity index is 1.82. The van der Waals surface area contributed by atoms with Crippen molar-refractivity contribution in [2.24, 2.45) is 17.8 Å². The normalized spacial score (nSPS) is 34.4. The van der Waals surface area contributed by atoms with Gasteiger partial charge in [0.25, 0.3) is 0 Å². The predicted molar refractivity (Wildman–Crippen MR) is 67.5 cm³/mol. The van der Waals surface area contributed by atoms with Crippen LogP contribution < -0.4 is 0 Å². The minimum Gasteiger partial charge on any atom is -0.391 e. The Morgan fingerprint density at radius 3 is 2.29 bits per heavy atom. The number of nitrogens with zero attached hydrogens (tertiary/aromatic N) is 1. The zero-order chi connectivity index (χ0) is 12.4. The van der Waals surface area contributed by atoms with Crippen LogP contribution in [0.2, 0.25) is 0 Å². The molecule has 17 heavy (non-hydrogen) atoms. The van der Waals surface area contributed by atoms with Crippen molar-refractivity contribution < 1.29 is 9.90 Å². The molecule has 3 nitrogen and oxygen atoms in total. The molecular formula is C14H25NO2. The molecule has 1 atom stereocenters. The number of hydrogen-bond acceptors (Lipinski definition) is 2. The lowest BCUT2D eigenvalue weighted by molar-refractivity contribution is -0.136. The van der Waals surface area contributed by atoms with Gasteiger partial charge < -0.3 is 10.0 Å². The molecule has 2 fully saturated rings. The van der Waals surface area contributed by atoms with Crippen molar-refractivity contribution in [3.63, 3.8) is 0 Å². The van der Waals surface area contributed by atoms with E-state index in [9.17, 15) is 9.90 Å². The average Bonchev–Trinajstić information content (AvgIpc) is 2.75. The maximum Gasteiger partial charge on any atom is 0.225 e. The number of aliphatic hydroxyl groups excluding tert-OH is 1. The Morgan fingerprint density at radius 2 is 1.82 bits per heavy atom. The fourth-order valence-electron chi connectivity index (χ4n) is 3.23. The summed E-state index contributed by atoms with van der Waals surface area (Å²) in [5.41, 5.74) is 0. The first-order valence-corrected chi connectivity index (χ1v) is 7.04. The number of rotatable bonds is 2. The standard InChI is InChI=1S/C14H25NO2/c1-10(2)11-3-5-12(6-4-11)14(17)15-8-7-13(16)9-15/h10-13,16H,3-9H2,1-2H3/t11?,12?,13-/m0/s1. The third-order valence-corrected chi connectivity index (χ3v) is 4.54. The third-order valence-electron chi connectivity index (χ3n) is 4.54. The highest BCUT2D eigenvalue weighted by atomic mass is 16.3. The van der Waals surface area contributed by atoms with Gasteiger partial charge in [-0.05, 0) is 43.9 Å². The molecule has 1 heterocycles. The van der Waals surface area contributed by atoms with Crippen LogP contribution in [0.25, 0.3) is 0 Å². The summed E-state index contributed by atoms with van der Waals surface area (Å²) in [5, 5.41) is 9.47. The van der Waals surface area contributed by atoms with Crippen LogP contribution in [-0.2, 0) is 4.79 Å². The molecule has 0 aromatic carbocycles. The molecule has 1 aliphatic heterocycles. The van der Waals surface area contributed by atoms with Gasteiger partial charge in [0, 0.05) is 19.0 Å². The SMILES string of the molecule is CC(C)C1CCC(C(=O)N2CC[C@H](O)C2)CC1. The van der Waals surface area contributed by atoms with E-state index in [1.165, 1.54) is 12.8 Å². The van der Waals surface area contributed by atoms with Crippen LogP contribution in [0, 0.1) is 17.8 Å². The first kappa shape index (κ1) is 12.9. The monoisotopic (exact) mass is 239 g/mol. The van der Waals surface area contributed by atoms with Crippen LogP contribution in [0.3, 0.4) is 0 Å². The van der Waals surface area contributed by atoms with E-state index in [-0.39, 0.29) is 12.0 Å². The van der Waals surface area contributed by atoms with Gasteiger partial charge in [0.1, 0.15) is 0 Å². The topological polar surface area (TPSA) is 40.5 Å². The summed E-state index contributed by atoms with van der Waals surface area (Å²) >= 11 is 0. The van der Waals surface area contributed by atoms with E-state index in [0.717, 1.165) is 37.6 Å². The second kappa shape index (κ2) is 5.38. The lowest BCUT2D eigenvalue weighted by Gasteiger charge is -2.32. The van der Waals surface area contributed by atoms with E-state index in [1.54, 1.807) is 0 Å². The van der Waals surface area contributed by atoms with Crippen LogP contribution in [0.1, 0.15) is 46.0 Å². The average molecular weight is 239 g/mol. The molecule has 2 rings (SSSR count). The van der Waals surface area contributed by atoms with Crippen molar-refractivity contribution in [2.75, 3.05) is 13.1 Å². The maximum atomic E-state index is 12.2. The van der Waals surface area contributed by atoms with E-state index in [4.69, 9.17) is 0 Å². The summed E-state index contributed by atoms with van der Waals surface area (Å²) in [6.45, 7) is 5.88. The maximum absolute atomic E-state index is 12.2. The third kappa shape index (κ3) is 3.01. The lowest BCUT2D eigenvalue weighted by atomic mass is 9.76. The molecule has 1 saturated heterocycles. The summed E-state index contributed by atoms with van der Waals surface area (Å²) in [4.78, 5) is 14.1. The van der Waals surface area contributed by atoms with Crippen LogP contribution in [0.5, 0.6) is 0 Å². The van der Waals surface area contributed by atoms with Crippen LogP contribution in [-0.4, -0.2) is 35.1 Å². The Morgan fingerprint density at radius 1 is 1.18 bits per heavy atom. The number of β-amino-alcohol motifs (C(OH)–C–C–N with tert-alkyl or cyclic N) is 1. The number of hydrogen-bond donors (Lipinski definition) is 1. The van der Waals surface area contributed by atoms with Gasteiger partial charge in [0.05, 0.1) is 6.10 Å². The van der Waals surface area contributed by atoms with Crippen molar-refractivity contribution in [1.82, 2.24) is 4.90 Å². The molecule has 0 spiro atoms. The number of carbonyl (C=O) groups is 1. The van der Waals surface area contributed by atoms with Gasteiger partial charge in [0.2, 0.25) is 5.91 Å². The molecule has 0 bridgehead atoms. The van der Waals surface area contributed by atoms with E-state index in [1.807, 2.05) is 4.90 Å². The second-order valence-corrected chi connectivity index (χ2v) is 6.08. The molecule has 1 saturated carbocycles. The number of carbonyl (C=O) groups excluding carboxylic acids is 1. The summed E-state index contributed by atoms with van der Waals surface area (Å²) in [6, 6.07) is 0. The summed E-state index contributed by atoms with van der Waals surface area (Å²) in [7, 11) is 0. The van der Waals surface area contributed by atoms with Gasteiger partial charge in [0.15, 0.2) is 0 Å². The van der Waals surface area contributed by atoms with Crippen LogP contribution in [0.15, 0.2) is 0 Å². The van der Waals surface area contributed by atoms with Crippen LogP contribution in [0.4, 0.5) is 0 Å². The van der Waals surface area contributed by atoms with E-state index >= 15 is 0 Å². The van der Waals surface area contributed by atoms with Gasteiger partial charge in [-0.3, -0.25) is 4.79 Å². The first-order chi connectivity index (χ1) is 8.08. The van der Waals surface area contributed by atoms with Crippen molar-refractivity contribution in [3.8, 4) is 0 Å². The summed E-state index contributed by atoms with van der Waals surface area (Å²) in [5.74, 6) is 2.09. The number of aliphatic hydroxyl groups is 1. The van der Waals surface area contributed by atoms with Gasteiger partial charge in [-0.15, -0.1) is 0 Å². The Hall–Kier alpha value is -0.570. The minimum absolute atomic E-state index is 0.232. The van der Waals surface area contributed by atoms with Gasteiger partial charge in [-0.25, -0.2) is 0 Å². The Kier molecular flexibility index (Phi) is 4.08. The van der Waals surface area contributed by atoms with E-state index < -0.39 is 0 Å². The molecule has 0 aromatic rings. The molecule has 1 aliphatic carbocycles. The highest BCUT2D eigenvalue weighted by Crippen LogP contribution is 2.34. The molecule has 3 heteroatoms. The zero-order valence-corrected chi connectivity index (χ0v) is 11.1. The molecule has 1 N–H and O–H groups in total. The van der Waals surface area contributed by atoms with Crippen molar-refractivity contribution in [3.05, 3.63) is 0 Å². The van der Waals surface area contributed by atoms with E-state index in [0.29, 0.717) is 12.5 Å². The molecule has 2 aliphatic rings. The molecule has 98 valence electrons. The number of likely N-dealkylation sites (tertiary alicyclic amines) is 1. The lowest BCUT2D eigenvalue weighted by Crippen LogP contribution is -2.37. The Bertz CT molecular complexity index is 269. The minimum atomic E-state index is -0.286. The van der Waals surface area contributed by atoms with Gasteiger partial charge in [-0.1, -0.05) is 13.8 Å². The van der Waals surface area contributed by atoms with Gasteiger partial charge >= 0.3 is 0 Å². The van der Waals surface area contributed by atoms with Crippen molar-refractivity contribution >= 4 is 5.91 Å². The van der Waals surface area contributed by atoms with Crippen LogP contribution >= 0.6 is 0 Å². The summed E-state index contributed by atoms with van der Waals surface area (Å²) in [6.07, 6.45) is 4.97. The largest absolute Gasteiger partial charge is 0.391 e. The zero-order valence-electron chi connectivity index (χ0n) is 11.1. The van der Waals surface area contributed by atoms with Gasteiger partial charge in [-0.2, -0.15) is 0 Å². The quantitative estimate of drug-likeness (QED) is 0.801. The first-order valence-electron chi connectivity index (χ1n) is 7.04. The molecule has 1 amide bonds. The van der Waals surface area contributed by atoms with Crippen molar-refractivity contribution in [1.29, 1.82) is 0 Å². The number of amides is 1. The second-order valence-electron chi connectivity index (χ2n) is 6.08. The fraction of sp³-hybridized carbons (Fsp3) is 0.929.